The lowest BCUT2D eigenvalue weighted by Crippen LogP contribution is -1.93. The second kappa shape index (κ2) is 18.9. The van der Waals surface area contributed by atoms with Crippen LogP contribution in [0.2, 0.25) is 0 Å². The zero-order chi connectivity index (χ0) is 23.5. The SMILES string of the molecule is C=C/C=C(C)\C=C/C/C(C)=C(/C=C(C)/C(C)=C(/C=C)CCCCCC)CCCCCC. The molecule has 31 heavy (non-hydrogen) atoms. The molecule has 0 heterocycles. The van der Waals surface area contributed by atoms with Gasteiger partial charge in [0.2, 0.25) is 0 Å². The molecule has 0 radical (unpaired) electrons. The zero-order valence-corrected chi connectivity index (χ0v) is 21.7. The first-order chi connectivity index (χ1) is 14.9. The van der Waals surface area contributed by atoms with E-state index in [0.717, 1.165) is 12.8 Å². The third-order valence-corrected chi connectivity index (χ3v) is 6.04. The summed E-state index contributed by atoms with van der Waals surface area (Å²) < 4.78 is 0. The molecule has 0 heteroatoms. The Bertz CT molecular complexity index is 673. The van der Waals surface area contributed by atoms with Gasteiger partial charge in [-0.3, -0.25) is 0 Å². The molecule has 0 saturated carbocycles. The second-order valence-electron chi connectivity index (χ2n) is 8.86. The summed E-state index contributed by atoms with van der Waals surface area (Å²) in [6.45, 7) is 21.4. The van der Waals surface area contributed by atoms with Gasteiger partial charge in [0.15, 0.2) is 0 Å². The highest BCUT2D eigenvalue weighted by Crippen LogP contribution is 2.25. The Hall–Kier alpha value is -1.82. The van der Waals surface area contributed by atoms with Crippen molar-refractivity contribution in [3.63, 3.8) is 0 Å². The van der Waals surface area contributed by atoms with Crippen molar-refractivity contribution in [1.82, 2.24) is 0 Å². The van der Waals surface area contributed by atoms with Crippen molar-refractivity contribution in [3.05, 3.63) is 83.1 Å². The van der Waals surface area contributed by atoms with Crippen LogP contribution in [0.4, 0.5) is 0 Å². The highest BCUT2D eigenvalue weighted by atomic mass is 14.1. The van der Waals surface area contributed by atoms with Gasteiger partial charge in [0, 0.05) is 0 Å². The van der Waals surface area contributed by atoms with Gasteiger partial charge in [-0.15, -0.1) is 0 Å². The summed E-state index contributed by atoms with van der Waals surface area (Å²) >= 11 is 0. The minimum atomic E-state index is 1.00. The fourth-order valence-corrected chi connectivity index (χ4v) is 3.75. The molecule has 0 aliphatic heterocycles. The summed E-state index contributed by atoms with van der Waals surface area (Å²) in [5.74, 6) is 0. The Kier molecular flexibility index (Phi) is 17.8. The highest BCUT2D eigenvalue weighted by Gasteiger charge is 2.05. The van der Waals surface area contributed by atoms with Gasteiger partial charge in [-0.25, -0.2) is 0 Å². The van der Waals surface area contributed by atoms with Gasteiger partial charge in [0.05, 0.1) is 0 Å². The number of rotatable bonds is 17. The largest absolute Gasteiger partial charge is 0.0991 e. The summed E-state index contributed by atoms with van der Waals surface area (Å²) in [5, 5.41) is 0. The van der Waals surface area contributed by atoms with Crippen LogP contribution < -0.4 is 0 Å². The number of allylic oxidation sites excluding steroid dienone is 12. The van der Waals surface area contributed by atoms with E-state index >= 15 is 0 Å². The van der Waals surface area contributed by atoms with Crippen molar-refractivity contribution in [2.24, 2.45) is 0 Å². The van der Waals surface area contributed by atoms with Gasteiger partial charge >= 0.3 is 0 Å². The van der Waals surface area contributed by atoms with E-state index in [0.29, 0.717) is 0 Å². The molecule has 0 amide bonds. The Morgan fingerprint density at radius 2 is 1.32 bits per heavy atom. The van der Waals surface area contributed by atoms with Gasteiger partial charge < -0.3 is 0 Å². The number of hydrogen-bond donors (Lipinski definition) is 0. The van der Waals surface area contributed by atoms with Crippen LogP contribution in [-0.4, -0.2) is 0 Å². The van der Waals surface area contributed by atoms with Crippen LogP contribution >= 0.6 is 0 Å². The van der Waals surface area contributed by atoms with Gasteiger partial charge in [0.25, 0.3) is 0 Å². The molecule has 0 atom stereocenters. The minimum absolute atomic E-state index is 1.00. The molecule has 0 unspecified atom stereocenters. The Morgan fingerprint density at radius 3 is 1.84 bits per heavy atom. The van der Waals surface area contributed by atoms with Gasteiger partial charge in [-0.1, -0.05) is 113 Å². The predicted octanol–water partition coefficient (Wildman–Crippen LogP) is 10.8. The van der Waals surface area contributed by atoms with Crippen molar-refractivity contribution in [3.8, 4) is 0 Å². The monoisotopic (exact) mass is 422 g/mol. The summed E-state index contributed by atoms with van der Waals surface area (Å²) in [7, 11) is 0. The third-order valence-electron chi connectivity index (χ3n) is 6.04. The van der Waals surface area contributed by atoms with Gasteiger partial charge in [0.1, 0.15) is 0 Å². The van der Waals surface area contributed by atoms with Crippen LogP contribution in [-0.2, 0) is 0 Å². The van der Waals surface area contributed by atoms with E-state index in [1.165, 1.54) is 91.2 Å². The Morgan fingerprint density at radius 1 is 0.742 bits per heavy atom. The normalized spacial score (nSPS) is 14.5. The lowest BCUT2D eigenvalue weighted by atomic mass is 9.93. The molecule has 0 N–H and O–H groups in total. The van der Waals surface area contributed by atoms with Crippen LogP contribution in [0.5, 0.6) is 0 Å². The standard InChI is InChI=1S/C31H50/c1-9-13-15-17-23-30(12-4)29(8)28(7)25-31(24-18-16-14-10-2)27(6)22-19-21-26(5)20-11-3/h11-12,19-21,25H,3-4,9-10,13-18,22-24H2,1-2,5-8H3/b21-19-,26-20-,28-25+,30-29-,31-27+. The summed E-state index contributed by atoms with van der Waals surface area (Å²) in [4.78, 5) is 0. The molecule has 0 aromatic rings. The molecule has 174 valence electrons. The molecule has 0 saturated heterocycles. The maximum absolute atomic E-state index is 4.10. The molecule has 0 nitrogen and oxygen atoms in total. The van der Waals surface area contributed by atoms with Crippen LogP contribution in [0.3, 0.4) is 0 Å². The fourth-order valence-electron chi connectivity index (χ4n) is 3.75. The number of hydrogen-bond acceptors (Lipinski definition) is 0. The average molecular weight is 423 g/mol. The fraction of sp³-hybridized carbons (Fsp3) is 0.548. The first-order valence-corrected chi connectivity index (χ1v) is 12.6. The maximum Gasteiger partial charge on any atom is -0.0133 e. The maximum atomic E-state index is 4.10. The van der Waals surface area contributed by atoms with E-state index in [9.17, 15) is 0 Å². The van der Waals surface area contributed by atoms with Gasteiger partial charge in [-0.2, -0.15) is 0 Å². The van der Waals surface area contributed by atoms with E-state index in [1.54, 1.807) is 0 Å². The third kappa shape index (κ3) is 14.0. The topological polar surface area (TPSA) is 0 Å². The van der Waals surface area contributed by atoms with Crippen LogP contribution in [0, 0.1) is 0 Å². The predicted molar refractivity (Wildman–Crippen MR) is 145 cm³/mol. The molecule has 0 rings (SSSR count). The summed E-state index contributed by atoms with van der Waals surface area (Å²) in [6, 6.07) is 0. The second-order valence-corrected chi connectivity index (χ2v) is 8.86. The lowest BCUT2D eigenvalue weighted by Gasteiger charge is -2.13. The molecule has 0 fully saturated rings. The van der Waals surface area contributed by atoms with Crippen LogP contribution in [0.25, 0.3) is 0 Å². The summed E-state index contributed by atoms with van der Waals surface area (Å²) in [5.41, 5.74) is 8.45. The van der Waals surface area contributed by atoms with E-state index < -0.39 is 0 Å². The zero-order valence-electron chi connectivity index (χ0n) is 21.7. The summed E-state index contributed by atoms with van der Waals surface area (Å²) in [6.07, 6.45) is 26.6. The van der Waals surface area contributed by atoms with Gasteiger partial charge in [-0.05, 0) is 82.1 Å². The van der Waals surface area contributed by atoms with E-state index in [-0.39, 0.29) is 0 Å². The Balaban J connectivity index is 5.58. The molecule has 0 aliphatic carbocycles. The average Bonchev–Trinajstić information content (AvgIpc) is 2.75. The van der Waals surface area contributed by atoms with E-state index in [4.69, 9.17) is 0 Å². The highest BCUT2D eigenvalue weighted by molar-refractivity contribution is 5.42. The molecule has 0 bridgehead atoms. The van der Waals surface area contributed by atoms with Crippen molar-refractivity contribution in [1.29, 1.82) is 0 Å². The minimum Gasteiger partial charge on any atom is -0.0991 e. The molecule has 0 aliphatic rings. The van der Waals surface area contributed by atoms with E-state index in [1.807, 2.05) is 6.08 Å². The first-order valence-electron chi connectivity index (χ1n) is 12.6. The lowest BCUT2D eigenvalue weighted by molar-refractivity contribution is 0.665. The first kappa shape index (κ1) is 29.2. The molecular weight excluding hydrogens is 372 g/mol. The smallest absolute Gasteiger partial charge is 0.0133 e. The van der Waals surface area contributed by atoms with E-state index in [2.05, 4.69) is 85.1 Å². The Labute approximate surface area is 195 Å². The van der Waals surface area contributed by atoms with Crippen LogP contribution in [0.1, 0.15) is 112 Å². The molecular formula is C31H50. The van der Waals surface area contributed by atoms with Crippen molar-refractivity contribution < 1.29 is 0 Å². The quantitative estimate of drug-likeness (QED) is 0.161. The molecule has 0 aromatic carbocycles. The number of unbranched alkanes of at least 4 members (excludes halogenated alkanes) is 6. The van der Waals surface area contributed by atoms with Crippen molar-refractivity contribution in [2.75, 3.05) is 0 Å². The molecule has 0 spiro atoms. The van der Waals surface area contributed by atoms with Crippen molar-refractivity contribution >= 4 is 0 Å². The van der Waals surface area contributed by atoms with Crippen molar-refractivity contribution in [2.45, 2.75) is 112 Å². The molecule has 0 aromatic heterocycles. The van der Waals surface area contributed by atoms with Crippen LogP contribution in [0.15, 0.2) is 83.1 Å².